The second-order valence-electron chi connectivity index (χ2n) is 9.99. The normalized spacial score (nSPS) is 34.3. The van der Waals surface area contributed by atoms with Crippen molar-refractivity contribution < 1.29 is 15.0 Å². The van der Waals surface area contributed by atoms with E-state index in [1.807, 2.05) is 18.2 Å². The van der Waals surface area contributed by atoms with E-state index < -0.39 is 5.60 Å². The van der Waals surface area contributed by atoms with Gasteiger partial charge in [0, 0.05) is 17.8 Å². The van der Waals surface area contributed by atoms with Gasteiger partial charge in [-0.25, -0.2) is 0 Å². The van der Waals surface area contributed by atoms with Crippen molar-refractivity contribution in [2.75, 3.05) is 0 Å². The van der Waals surface area contributed by atoms with Gasteiger partial charge in [-0.05, 0) is 85.3 Å². The van der Waals surface area contributed by atoms with Gasteiger partial charge in [-0.15, -0.1) is 0 Å². The molecule has 0 spiro atoms. The molecule has 4 aliphatic carbocycles. The molecule has 7 heteroatoms. The van der Waals surface area contributed by atoms with E-state index in [1.54, 1.807) is 12.1 Å². The highest BCUT2D eigenvalue weighted by molar-refractivity contribution is 7.59. The summed E-state index contributed by atoms with van der Waals surface area (Å²) in [7, 11) is 0. The van der Waals surface area contributed by atoms with Crippen LogP contribution in [0.1, 0.15) is 69.8 Å². The molecule has 33 heavy (non-hydrogen) atoms. The van der Waals surface area contributed by atoms with E-state index in [0.29, 0.717) is 24.7 Å². The lowest BCUT2D eigenvalue weighted by molar-refractivity contribution is -0.114. The number of fused-ring (bicyclic) bond motifs is 4. The average Bonchev–Trinajstić information content (AvgIpc) is 2.98. The molecule has 0 radical (unpaired) electrons. The van der Waals surface area contributed by atoms with Gasteiger partial charge in [0.2, 0.25) is 0 Å². The van der Waals surface area contributed by atoms with Gasteiger partial charge < -0.3 is 10.2 Å². The molecule has 0 saturated heterocycles. The van der Waals surface area contributed by atoms with Gasteiger partial charge in [0.05, 0.1) is 18.1 Å². The van der Waals surface area contributed by atoms with Crippen LogP contribution < -0.4 is 0 Å². The summed E-state index contributed by atoms with van der Waals surface area (Å²) in [6.07, 6.45) is 7.83. The van der Waals surface area contributed by atoms with E-state index >= 15 is 0 Å². The van der Waals surface area contributed by atoms with Crippen LogP contribution in [-0.2, 0) is 4.79 Å². The number of phenolic OH excluding ortho intramolecular Hbond substituents is 1. The molecule has 0 unspecified atom stereocenters. The Kier molecular flexibility index (Phi) is 8.55. The van der Waals surface area contributed by atoms with Crippen molar-refractivity contribution in [1.82, 2.24) is 0 Å². The zero-order chi connectivity index (χ0) is 21.1. The number of nitrogens with zero attached hydrogens (tertiary/aromatic N) is 1. The van der Waals surface area contributed by atoms with E-state index in [2.05, 4.69) is 13.0 Å². The summed E-state index contributed by atoms with van der Waals surface area (Å²) < 4.78 is 0. The molecule has 1 aromatic carbocycles. The predicted molar refractivity (Wildman–Crippen MR) is 145 cm³/mol. The minimum absolute atomic E-state index is 0. The van der Waals surface area contributed by atoms with Crippen LogP contribution >= 0.6 is 40.5 Å². The lowest BCUT2D eigenvalue weighted by Gasteiger charge is -2.54. The predicted octanol–water partition coefficient (Wildman–Crippen LogP) is 5.27. The molecule has 2 fully saturated rings. The highest BCUT2D eigenvalue weighted by Crippen LogP contribution is 2.67. The Labute approximate surface area is 217 Å². The second kappa shape index (κ2) is 10.1. The van der Waals surface area contributed by atoms with E-state index in [0.717, 1.165) is 37.7 Å². The number of carbonyl (C=O) groups is 1. The lowest BCUT2D eigenvalue weighted by Crippen LogP contribution is -2.51. The summed E-state index contributed by atoms with van der Waals surface area (Å²) in [4.78, 5) is 12.1. The third-order valence-corrected chi connectivity index (χ3v) is 8.72. The van der Waals surface area contributed by atoms with E-state index in [4.69, 9.17) is 0 Å². The van der Waals surface area contributed by atoms with Gasteiger partial charge in [-0.2, -0.15) is 45.7 Å². The molecule has 0 bridgehead atoms. The summed E-state index contributed by atoms with van der Waals surface area (Å²) in [5, 5.41) is 30.8. The van der Waals surface area contributed by atoms with Gasteiger partial charge in [0.25, 0.3) is 0 Å². The van der Waals surface area contributed by atoms with Crippen molar-refractivity contribution in [3.8, 4) is 11.8 Å². The third kappa shape index (κ3) is 4.29. The van der Waals surface area contributed by atoms with Crippen LogP contribution in [0, 0.1) is 28.6 Å². The van der Waals surface area contributed by atoms with Crippen LogP contribution in [-0.4, -0.2) is 21.6 Å². The second-order valence-corrected chi connectivity index (χ2v) is 9.99. The molecule has 5 atom stereocenters. The highest BCUT2D eigenvalue weighted by atomic mass is 32.1. The van der Waals surface area contributed by atoms with Crippen LogP contribution in [0.25, 0.3) is 0 Å². The fourth-order valence-corrected chi connectivity index (χ4v) is 7.18. The molecule has 0 aliphatic heterocycles. The summed E-state index contributed by atoms with van der Waals surface area (Å²) in [6, 6.07) is 9.73. The Balaban J connectivity index is 0.00000128. The Bertz CT molecular complexity index is 1010. The van der Waals surface area contributed by atoms with Crippen molar-refractivity contribution in [3.05, 3.63) is 52.6 Å². The molecule has 0 heterocycles. The van der Waals surface area contributed by atoms with Crippen molar-refractivity contribution in [2.45, 2.75) is 69.8 Å². The van der Waals surface area contributed by atoms with Gasteiger partial charge in [0.1, 0.15) is 5.75 Å². The quantitative estimate of drug-likeness (QED) is 0.573. The number of phenols is 1. The maximum atomic E-state index is 12.1. The van der Waals surface area contributed by atoms with Gasteiger partial charge >= 0.3 is 0 Å². The molecule has 180 valence electrons. The van der Waals surface area contributed by atoms with Crippen LogP contribution in [0.5, 0.6) is 5.75 Å². The van der Waals surface area contributed by atoms with Crippen molar-refractivity contribution in [1.29, 1.82) is 5.26 Å². The first kappa shape index (κ1) is 27.9. The topological polar surface area (TPSA) is 81.3 Å². The largest absolute Gasteiger partial charge is 0.508 e. The monoisotopic (exact) mass is 505 g/mol. The number of nitriles is 1. The number of aromatic hydroxyl groups is 1. The van der Waals surface area contributed by atoms with E-state index in [1.165, 1.54) is 16.7 Å². The minimum Gasteiger partial charge on any atom is -0.508 e. The molecule has 4 nitrogen and oxygen atoms in total. The number of hydrogen-bond acceptors (Lipinski definition) is 4. The van der Waals surface area contributed by atoms with E-state index in [-0.39, 0.29) is 69.8 Å². The molecule has 2 N–H and O–H groups in total. The number of aliphatic hydroxyl groups is 1. The maximum Gasteiger partial charge on any atom is 0.156 e. The Morgan fingerprint density at radius 3 is 2.45 bits per heavy atom. The van der Waals surface area contributed by atoms with Gasteiger partial charge in [-0.3, -0.25) is 4.79 Å². The number of rotatable bonds is 2. The summed E-state index contributed by atoms with van der Waals surface area (Å²) in [6.45, 7) is 2.20. The fraction of sp³-hybridized carbons (Fsp3) is 0.538. The Morgan fingerprint density at radius 1 is 1.09 bits per heavy atom. The zero-order valence-corrected chi connectivity index (χ0v) is 22.0. The lowest BCUT2D eigenvalue weighted by atomic mass is 9.51. The average molecular weight is 506 g/mol. The van der Waals surface area contributed by atoms with Gasteiger partial charge in [0.15, 0.2) is 5.78 Å². The first-order chi connectivity index (χ1) is 14.4. The van der Waals surface area contributed by atoms with Crippen LogP contribution in [0.15, 0.2) is 47.1 Å². The first-order valence-electron chi connectivity index (χ1n) is 11.2. The van der Waals surface area contributed by atoms with Crippen molar-refractivity contribution in [2.24, 2.45) is 17.3 Å². The molecule has 0 aromatic heterocycles. The molecule has 0 amide bonds. The Hall–Kier alpha value is -1.33. The molecule has 5 rings (SSSR count). The third-order valence-electron chi connectivity index (χ3n) is 8.72. The first-order valence-corrected chi connectivity index (χ1v) is 11.2. The zero-order valence-electron chi connectivity index (χ0n) is 19.0. The fourth-order valence-electron chi connectivity index (χ4n) is 7.18. The molecule has 1 aromatic rings. The Morgan fingerprint density at radius 2 is 1.79 bits per heavy atom. The summed E-state index contributed by atoms with van der Waals surface area (Å²) >= 11 is 0. The number of benzene rings is 1. The minimum atomic E-state index is -0.948. The molecular weight excluding hydrogens is 470 g/mol. The maximum absolute atomic E-state index is 12.1. The van der Waals surface area contributed by atoms with Crippen LogP contribution in [0.4, 0.5) is 0 Å². The van der Waals surface area contributed by atoms with E-state index in [9.17, 15) is 20.3 Å². The number of ketones is 1. The number of allylic oxidation sites excluding steroid dienone is 4. The molecule has 4 aliphatic rings. The summed E-state index contributed by atoms with van der Waals surface area (Å²) in [5.41, 5.74) is 3.96. The summed E-state index contributed by atoms with van der Waals surface area (Å²) in [5.74, 6) is 1.38. The standard InChI is InChI=1S/C26H29NO3.3H2S/c1-25-15-22(16-2-5-18(28)6-3-16)24-20-9-7-19(29)14-17(20)4-8-21(24)23(25)10-11-26(25,30)12-13-27;;;/h2-3,5-6,14,21-23,28,30H,4,7-12,15H2,1H3;3*1H2/t21-,22+,23-,25-,26+;;;/m0.../s1. The van der Waals surface area contributed by atoms with Gasteiger partial charge in [-0.1, -0.05) is 24.6 Å². The highest BCUT2D eigenvalue weighted by Gasteiger charge is 2.62. The van der Waals surface area contributed by atoms with Crippen molar-refractivity contribution >= 4 is 46.3 Å². The number of carbonyl (C=O) groups excluding carboxylic acids is 1. The number of hydrogen-bond donors (Lipinski definition) is 2. The SMILES string of the molecule is C[C@]12C[C@H](c3ccc(O)cc3)C3=C4CCC(=O)C=C4CC[C@H]3[C@@H]1CC[C@@]2(O)CC#N.S.S.S. The van der Waals surface area contributed by atoms with Crippen LogP contribution in [0.3, 0.4) is 0 Å². The smallest absolute Gasteiger partial charge is 0.156 e. The molecular formula is C26H35NO3S3. The molecule has 2 saturated carbocycles. The van der Waals surface area contributed by atoms with Crippen molar-refractivity contribution in [3.63, 3.8) is 0 Å². The van der Waals surface area contributed by atoms with Crippen LogP contribution in [0.2, 0.25) is 0 Å².